The number of Topliss-reactive ketones (excluding diaryl/α,β-unsaturated/α-hetero) is 1. The second-order valence-corrected chi connectivity index (χ2v) is 4.72. The van der Waals surface area contributed by atoms with Crippen LogP contribution in [0.25, 0.3) is 0 Å². The van der Waals surface area contributed by atoms with Crippen molar-refractivity contribution in [3.8, 4) is 5.75 Å². The van der Waals surface area contributed by atoms with Gasteiger partial charge >= 0.3 is 0 Å². The molecule has 0 radical (unpaired) electrons. The molecule has 1 aromatic carbocycles. The molecule has 0 saturated carbocycles. The molecule has 0 saturated heterocycles. The van der Waals surface area contributed by atoms with Crippen LogP contribution < -0.4 is 4.74 Å². The zero-order valence-electron chi connectivity index (χ0n) is 10.5. The van der Waals surface area contributed by atoms with Gasteiger partial charge in [-0.3, -0.25) is 4.79 Å². The summed E-state index contributed by atoms with van der Waals surface area (Å²) in [5.74, 6) is 1.10. The van der Waals surface area contributed by atoms with Gasteiger partial charge in [-0.05, 0) is 37.0 Å². The lowest BCUT2D eigenvalue weighted by Gasteiger charge is -2.24. The van der Waals surface area contributed by atoms with Gasteiger partial charge in [-0.15, -0.1) is 0 Å². The lowest BCUT2D eigenvalue weighted by molar-refractivity contribution is -0.118. The van der Waals surface area contributed by atoms with Crippen LogP contribution in [0.2, 0.25) is 0 Å². The van der Waals surface area contributed by atoms with E-state index >= 15 is 0 Å². The number of carbonyl (C=O) groups is 1. The maximum atomic E-state index is 11.2. The van der Waals surface area contributed by atoms with Crippen LogP contribution in [-0.4, -0.2) is 12.4 Å². The van der Waals surface area contributed by atoms with Gasteiger partial charge in [-0.25, -0.2) is 0 Å². The summed E-state index contributed by atoms with van der Waals surface area (Å²) in [7, 11) is 0. The third-order valence-corrected chi connectivity index (χ3v) is 2.64. The largest absolute Gasteiger partial charge is 0.494 e. The molecule has 0 spiro atoms. The molecule has 0 amide bonds. The van der Waals surface area contributed by atoms with Gasteiger partial charge in [0.2, 0.25) is 0 Å². The lowest BCUT2D eigenvalue weighted by atomic mass is 9.80. The number of benzene rings is 1. The first-order chi connectivity index (χ1) is 7.45. The summed E-state index contributed by atoms with van der Waals surface area (Å²) in [5.41, 5.74) is 1.07. The van der Waals surface area contributed by atoms with Gasteiger partial charge in [-0.1, -0.05) is 26.0 Å². The van der Waals surface area contributed by atoms with Crippen LogP contribution in [0.3, 0.4) is 0 Å². The maximum Gasteiger partial charge on any atom is 0.130 e. The number of rotatable bonds is 5. The number of hydrogen-bond acceptors (Lipinski definition) is 2. The van der Waals surface area contributed by atoms with Crippen LogP contribution in [-0.2, 0) is 10.2 Å². The van der Waals surface area contributed by atoms with Gasteiger partial charge < -0.3 is 4.74 Å². The minimum atomic E-state index is -0.101. The highest BCUT2D eigenvalue weighted by Gasteiger charge is 2.22. The fraction of sp³-hybridized carbons (Fsp3) is 0.500. The Kier molecular flexibility index (Phi) is 4.11. The summed E-state index contributed by atoms with van der Waals surface area (Å²) in [4.78, 5) is 11.2. The normalized spacial score (nSPS) is 11.2. The molecule has 0 heterocycles. The van der Waals surface area contributed by atoms with E-state index in [9.17, 15) is 4.79 Å². The molecule has 0 aliphatic carbocycles. The van der Waals surface area contributed by atoms with Crippen LogP contribution in [0.5, 0.6) is 5.75 Å². The van der Waals surface area contributed by atoms with Crippen molar-refractivity contribution >= 4 is 5.78 Å². The van der Waals surface area contributed by atoms with E-state index in [4.69, 9.17) is 4.74 Å². The van der Waals surface area contributed by atoms with Gasteiger partial charge in [0, 0.05) is 6.42 Å². The van der Waals surface area contributed by atoms with Gasteiger partial charge in [0.1, 0.15) is 11.5 Å². The molecular weight excluding hydrogens is 200 g/mol. The predicted molar refractivity (Wildman–Crippen MR) is 65.9 cm³/mol. The quantitative estimate of drug-likeness (QED) is 0.760. The van der Waals surface area contributed by atoms with Crippen molar-refractivity contribution in [2.45, 2.75) is 39.5 Å². The van der Waals surface area contributed by atoms with Gasteiger partial charge in [0.15, 0.2) is 0 Å². The van der Waals surface area contributed by atoms with E-state index in [0.29, 0.717) is 13.0 Å². The molecule has 1 rings (SSSR count). The number of carbonyl (C=O) groups excluding carboxylic acids is 1. The molecule has 0 unspecified atom stereocenters. The van der Waals surface area contributed by atoms with E-state index in [1.54, 1.807) is 6.92 Å². The average molecular weight is 220 g/mol. The van der Waals surface area contributed by atoms with Crippen LogP contribution >= 0.6 is 0 Å². The van der Waals surface area contributed by atoms with Crippen LogP contribution in [0.4, 0.5) is 0 Å². The Morgan fingerprint density at radius 2 is 1.81 bits per heavy atom. The Morgan fingerprint density at radius 3 is 2.25 bits per heavy atom. The van der Waals surface area contributed by atoms with Crippen LogP contribution in [0.1, 0.15) is 39.7 Å². The van der Waals surface area contributed by atoms with Crippen molar-refractivity contribution in [2.24, 2.45) is 0 Å². The fourth-order valence-electron chi connectivity index (χ4n) is 1.89. The Hall–Kier alpha value is -1.31. The monoisotopic (exact) mass is 220 g/mol. The number of ether oxygens (including phenoxy) is 1. The minimum absolute atomic E-state index is 0.101. The summed E-state index contributed by atoms with van der Waals surface area (Å²) in [5, 5.41) is 0. The maximum absolute atomic E-state index is 11.2. The van der Waals surface area contributed by atoms with Crippen molar-refractivity contribution in [1.82, 2.24) is 0 Å². The highest BCUT2D eigenvalue weighted by molar-refractivity contribution is 5.77. The fourth-order valence-corrected chi connectivity index (χ4v) is 1.89. The third-order valence-electron chi connectivity index (χ3n) is 2.64. The van der Waals surface area contributed by atoms with Crippen molar-refractivity contribution in [3.05, 3.63) is 29.8 Å². The average Bonchev–Trinajstić information content (AvgIpc) is 2.17. The first-order valence-electron chi connectivity index (χ1n) is 5.68. The highest BCUT2D eigenvalue weighted by atomic mass is 16.5. The topological polar surface area (TPSA) is 26.3 Å². The molecule has 2 heteroatoms. The van der Waals surface area contributed by atoms with Crippen LogP contribution in [0, 0.1) is 0 Å². The Bertz CT molecular complexity index is 350. The first-order valence-corrected chi connectivity index (χ1v) is 5.68. The molecule has 0 fully saturated rings. The molecule has 2 nitrogen and oxygen atoms in total. The molecule has 0 bridgehead atoms. The summed E-state index contributed by atoms with van der Waals surface area (Å²) in [6.07, 6.45) is 0.570. The molecule has 1 aromatic rings. The number of hydrogen-bond donors (Lipinski definition) is 0. The molecule has 16 heavy (non-hydrogen) atoms. The molecule has 0 aromatic heterocycles. The van der Waals surface area contributed by atoms with E-state index in [1.807, 2.05) is 31.2 Å². The minimum Gasteiger partial charge on any atom is -0.494 e. The van der Waals surface area contributed by atoms with E-state index in [0.717, 1.165) is 5.75 Å². The Balaban J connectivity index is 2.83. The summed E-state index contributed by atoms with van der Waals surface area (Å²) in [6, 6.07) is 7.99. The third kappa shape index (κ3) is 3.37. The summed E-state index contributed by atoms with van der Waals surface area (Å²) >= 11 is 0. The van der Waals surface area contributed by atoms with E-state index in [2.05, 4.69) is 13.8 Å². The Morgan fingerprint density at radius 1 is 1.25 bits per heavy atom. The second-order valence-electron chi connectivity index (χ2n) is 4.72. The van der Waals surface area contributed by atoms with E-state index in [-0.39, 0.29) is 11.2 Å². The standard InChI is InChI=1S/C14H20O2/c1-5-16-13-8-6-12(7-9-13)14(3,4)10-11(2)15/h6-9H,5,10H2,1-4H3. The van der Waals surface area contributed by atoms with Gasteiger partial charge in [0.05, 0.1) is 6.61 Å². The Labute approximate surface area is 97.6 Å². The molecule has 0 N–H and O–H groups in total. The highest BCUT2D eigenvalue weighted by Crippen LogP contribution is 2.28. The lowest BCUT2D eigenvalue weighted by Crippen LogP contribution is -2.20. The van der Waals surface area contributed by atoms with Crippen LogP contribution in [0.15, 0.2) is 24.3 Å². The second kappa shape index (κ2) is 5.15. The molecule has 88 valence electrons. The van der Waals surface area contributed by atoms with Crippen molar-refractivity contribution in [3.63, 3.8) is 0 Å². The zero-order valence-corrected chi connectivity index (χ0v) is 10.5. The van der Waals surface area contributed by atoms with Gasteiger partial charge in [-0.2, -0.15) is 0 Å². The molecular formula is C14H20O2. The molecule has 0 atom stereocenters. The summed E-state index contributed by atoms with van der Waals surface area (Å²) < 4.78 is 5.39. The van der Waals surface area contributed by atoms with Crippen molar-refractivity contribution in [1.29, 1.82) is 0 Å². The van der Waals surface area contributed by atoms with Crippen molar-refractivity contribution in [2.75, 3.05) is 6.61 Å². The van der Waals surface area contributed by atoms with E-state index < -0.39 is 0 Å². The smallest absolute Gasteiger partial charge is 0.130 e. The summed E-state index contributed by atoms with van der Waals surface area (Å²) in [6.45, 7) is 8.45. The molecule has 0 aliphatic rings. The molecule has 0 aliphatic heterocycles. The van der Waals surface area contributed by atoms with Gasteiger partial charge in [0.25, 0.3) is 0 Å². The SMILES string of the molecule is CCOc1ccc(C(C)(C)CC(C)=O)cc1. The van der Waals surface area contributed by atoms with Crippen molar-refractivity contribution < 1.29 is 9.53 Å². The number of ketones is 1. The van der Waals surface area contributed by atoms with E-state index in [1.165, 1.54) is 5.56 Å². The first kappa shape index (κ1) is 12.8. The zero-order chi connectivity index (χ0) is 12.2. The predicted octanol–water partition coefficient (Wildman–Crippen LogP) is 3.34.